The summed E-state index contributed by atoms with van der Waals surface area (Å²) in [7, 11) is 1.44. The number of pyridine rings is 1. The van der Waals surface area contributed by atoms with E-state index in [9.17, 15) is 19.5 Å². The third-order valence-electron chi connectivity index (χ3n) is 9.12. The van der Waals surface area contributed by atoms with Gasteiger partial charge in [0.05, 0.1) is 40.7 Å². The lowest BCUT2D eigenvalue weighted by molar-refractivity contribution is -0.142. The van der Waals surface area contributed by atoms with Crippen molar-refractivity contribution < 1.29 is 33.0 Å². The fourth-order valence-corrected chi connectivity index (χ4v) is 6.95. The highest BCUT2D eigenvalue weighted by atomic mass is 35.5. The summed E-state index contributed by atoms with van der Waals surface area (Å²) in [5, 5.41) is 9.45. The van der Waals surface area contributed by atoms with Crippen molar-refractivity contribution in [3.63, 3.8) is 0 Å². The Morgan fingerprint density at radius 3 is 2.20 bits per heavy atom. The molecule has 2 aromatic rings. The minimum absolute atomic E-state index is 0.0187. The third-order valence-corrected chi connectivity index (χ3v) is 9.72. The molecule has 1 aromatic carbocycles. The van der Waals surface area contributed by atoms with Crippen molar-refractivity contribution in [1.29, 1.82) is 0 Å². The van der Waals surface area contributed by atoms with E-state index in [1.54, 1.807) is 0 Å². The Morgan fingerprint density at radius 2 is 1.68 bits per heavy atom. The van der Waals surface area contributed by atoms with Crippen LogP contribution in [-0.2, 0) is 10.7 Å². The summed E-state index contributed by atoms with van der Waals surface area (Å²) in [6, 6.07) is 3.75. The van der Waals surface area contributed by atoms with Gasteiger partial charge in [-0.05, 0) is 81.1 Å². The van der Waals surface area contributed by atoms with Gasteiger partial charge < -0.3 is 14.7 Å². The first-order valence-corrected chi connectivity index (χ1v) is 15.5. The van der Waals surface area contributed by atoms with Gasteiger partial charge in [0.15, 0.2) is 5.78 Å². The van der Waals surface area contributed by atoms with Crippen LogP contribution >= 0.6 is 23.2 Å². The smallest absolute Gasteiger partial charge is 0.306 e. The van der Waals surface area contributed by atoms with Crippen molar-refractivity contribution in [3.8, 4) is 5.75 Å². The van der Waals surface area contributed by atoms with Crippen LogP contribution in [0.15, 0.2) is 37.1 Å². The van der Waals surface area contributed by atoms with E-state index in [0.717, 1.165) is 19.0 Å². The van der Waals surface area contributed by atoms with Gasteiger partial charge in [0, 0.05) is 29.4 Å². The summed E-state index contributed by atoms with van der Waals surface area (Å²) in [6.07, 6.45) is 6.18. The number of carbonyl (C=O) groups excluding carboxylic acids is 2. The number of allylic oxidation sites excluding steroid dienone is 1. The van der Waals surface area contributed by atoms with Crippen LogP contribution in [0, 0.1) is 11.3 Å². The summed E-state index contributed by atoms with van der Waals surface area (Å²) in [6.45, 7) is 7.14. The predicted molar refractivity (Wildman–Crippen MR) is 165 cm³/mol. The summed E-state index contributed by atoms with van der Waals surface area (Å²) in [4.78, 5) is 45.1. The fourth-order valence-electron chi connectivity index (χ4n) is 6.27. The minimum Gasteiger partial charge on any atom is -0.497 e. The van der Waals surface area contributed by atoms with Crippen molar-refractivity contribution in [2.24, 2.45) is 11.3 Å². The van der Waals surface area contributed by atoms with E-state index < -0.39 is 41.6 Å². The zero-order valence-electron chi connectivity index (χ0n) is 25.2. The SMILES string of the molecule is C=CC(F)(F)c1cc(C2CCC(C(=O)O)CC2)ncc1C(=O)N(CC(=O)c1c(Cl)cc(OC)cc1Cl)C1CCC(C)(C)CC1. The Balaban J connectivity index is 1.72. The first-order chi connectivity index (χ1) is 20.7. The molecule has 4 rings (SSSR count). The zero-order chi connectivity index (χ0) is 32.4. The van der Waals surface area contributed by atoms with Crippen molar-refractivity contribution in [1.82, 2.24) is 9.88 Å². The monoisotopic (exact) mass is 650 g/mol. The highest BCUT2D eigenvalue weighted by Gasteiger charge is 2.39. The number of amides is 1. The Labute approximate surface area is 266 Å². The van der Waals surface area contributed by atoms with E-state index in [0.29, 0.717) is 56.0 Å². The molecular weight excluding hydrogens is 613 g/mol. The van der Waals surface area contributed by atoms with Crippen LogP contribution in [-0.4, -0.2) is 52.3 Å². The van der Waals surface area contributed by atoms with Crippen molar-refractivity contribution in [2.45, 2.75) is 83.1 Å². The second kappa shape index (κ2) is 13.5. The summed E-state index contributed by atoms with van der Waals surface area (Å²) < 4.78 is 36.0. The number of ether oxygens (including phenoxy) is 1. The molecule has 238 valence electrons. The van der Waals surface area contributed by atoms with Crippen LogP contribution in [0.25, 0.3) is 0 Å². The Hall–Kier alpha value is -3.04. The lowest BCUT2D eigenvalue weighted by atomic mass is 9.75. The quantitative estimate of drug-likeness (QED) is 0.205. The molecule has 1 heterocycles. The molecule has 1 aromatic heterocycles. The number of hydrogen-bond donors (Lipinski definition) is 1. The van der Waals surface area contributed by atoms with Crippen LogP contribution in [0.1, 0.15) is 103 Å². The number of methoxy groups -OCH3 is 1. The third kappa shape index (κ3) is 7.42. The van der Waals surface area contributed by atoms with Gasteiger partial charge in [-0.1, -0.05) is 43.6 Å². The van der Waals surface area contributed by atoms with Gasteiger partial charge in [-0.2, -0.15) is 8.78 Å². The molecule has 0 aliphatic heterocycles. The first-order valence-electron chi connectivity index (χ1n) is 14.8. The van der Waals surface area contributed by atoms with E-state index in [2.05, 4.69) is 25.4 Å². The first kappa shape index (κ1) is 33.8. The molecule has 0 spiro atoms. The summed E-state index contributed by atoms with van der Waals surface area (Å²) in [5.41, 5.74) is -0.424. The maximum atomic E-state index is 15.4. The normalized spacial score (nSPS) is 20.5. The van der Waals surface area contributed by atoms with Crippen LogP contribution in [0.5, 0.6) is 5.75 Å². The molecule has 1 N–H and O–H groups in total. The molecule has 11 heteroatoms. The standard InChI is InChI=1S/C33H38Cl2F2N2O5/c1-5-33(36,37)24-16-27(19-6-8-20(9-7-19)31(42)43)38-17-23(24)30(41)39(21-10-12-32(2,3)13-11-21)18-28(40)29-25(34)14-22(44-4)15-26(29)35/h5,14-17,19-21H,1,6-13,18H2,2-4H3,(H,42,43). The second-order valence-corrected chi connectivity index (χ2v) is 13.4. The highest BCUT2D eigenvalue weighted by molar-refractivity contribution is 6.40. The largest absolute Gasteiger partial charge is 0.497 e. The number of halogens is 4. The van der Waals surface area contributed by atoms with Gasteiger partial charge in [-0.25, -0.2) is 0 Å². The minimum atomic E-state index is -3.56. The van der Waals surface area contributed by atoms with Gasteiger partial charge in [0.25, 0.3) is 11.8 Å². The molecule has 0 unspecified atom stereocenters. The summed E-state index contributed by atoms with van der Waals surface area (Å²) >= 11 is 12.8. The molecule has 0 bridgehead atoms. The molecule has 0 atom stereocenters. The Kier molecular flexibility index (Phi) is 10.4. The molecule has 2 fully saturated rings. The van der Waals surface area contributed by atoms with E-state index in [4.69, 9.17) is 27.9 Å². The average molecular weight is 652 g/mol. The van der Waals surface area contributed by atoms with E-state index in [1.807, 2.05) is 0 Å². The van der Waals surface area contributed by atoms with E-state index in [-0.39, 0.29) is 38.5 Å². The van der Waals surface area contributed by atoms with Crippen molar-refractivity contribution >= 4 is 40.9 Å². The van der Waals surface area contributed by atoms with E-state index in [1.165, 1.54) is 30.2 Å². The number of ketones is 1. The molecule has 2 aliphatic rings. The number of benzene rings is 1. The maximum Gasteiger partial charge on any atom is 0.306 e. The van der Waals surface area contributed by atoms with Gasteiger partial charge in [0.1, 0.15) is 5.75 Å². The number of hydrogen-bond acceptors (Lipinski definition) is 5. The predicted octanol–water partition coefficient (Wildman–Crippen LogP) is 8.33. The Bertz CT molecular complexity index is 1410. The average Bonchev–Trinajstić information content (AvgIpc) is 2.99. The molecule has 2 aliphatic carbocycles. The fraction of sp³-hybridized carbons (Fsp3) is 0.515. The maximum absolute atomic E-state index is 15.4. The van der Waals surface area contributed by atoms with Gasteiger partial charge in [-0.3, -0.25) is 19.4 Å². The number of alkyl halides is 2. The van der Waals surface area contributed by atoms with Crippen molar-refractivity contribution in [3.05, 3.63) is 69.5 Å². The number of Topliss-reactive ketones (excluding diaryl/α,β-unsaturated/α-hetero) is 1. The van der Waals surface area contributed by atoms with Gasteiger partial charge in [0.2, 0.25) is 0 Å². The van der Waals surface area contributed by atoms with Crippen LogP contribution in [0.4, 0.5) is 8.78 Å². The van der Waals surface area contributed by atoms with Crippen molar-refractivity contribution in [2.75, 3.05) is 13.7 Å². The molecule has 2 saturated carbocycles. The van der Waals surface area contributed by atoms with Crippen LogP contribution in [0.2, 0.25) is 10.0 Å². The molecule has 0 saturated heterocycles. The van der Waals surface area contributed by atoms with Crippen LogP contribution in [0.3, 0.4) is 0 Å². The second-order valence-electron chi connectivity index (χ2n) is 12.6. The number of carbonyl (C=O) groups is 3. The lowest BCUT2D eigenvalue weighted by Gasteiger charge is -2.40. The summed E-state index contributed by atoms with van der Waals surface area (Å²) in [5.74, 6) is -6.03. The number of aromatic nitrogens is 1. The number of rotatable bonds is 10. The number of carboxylic acids is 1. The Morgan fingerprint density at radius 1 is 1.09 bits per heavy atom. The number of nitrogens with zero attached hydrogens (tertiary/aromatic N) is 2. The molecule has 0 radical (unpaired) electrons. The molecule has 44 heavy (non-hydrogen) atoms. The number of aliphatic carboxylic acids is 1. The molecule has 7 nitrogen and oxygen atoms in total. The lowest BCUT2D eigenvalue weighted by Crippen LogP contribution is -2.46. The molecular formula is C33H38Cl2F2N2O5. The topological polar surface area (TPSA) is 96.8 Å². The van der Waals surface area contributed by atoms with Gasteiger partial charge in [-0.15, -0.1) is 0 Å². The highest BCUT2D eigenvalue weighted by Crippen LogP contribution is 2.41. The van der Waals surface area contributed by atoms with E-state index >= 15 is 8.78 Å². The zero-order valence-corrected chi connectivity index (χ0v) is 26.7. The molecule has 1 amide bonds. The number of carboxylic acid groups (broad SMARTS) is 1. The van der Waals surface area contributed by atoms with Crippen LogP contribution < -0.4 is 4.74 Å². The van der Waals surface area contributed by atoms with Gasteiger partial charge >= 0.3 is 5.97 Å².